The Labute approximate surface area is 274 Å². The molecule has 4 aromatic rings. The summed E-state index contributed by atoms with van der Waals surface area (Å²) >= 11 is 0. The molecule has 0 bridgehead atoms. The number of alkyl halides is 4. The number of hydrogen-bond acceptors (Lipinski definition) is 9. The summed E-state index contributed by atoms with van der Waals surface area (Å²) in [5.74, 6) is -7.60. The molecule has 260 valence electrons. The van der Waals surface area contributed by atoms with Gasteiger partial charge in [-0.15, -0.1) is 0 Å². The highest BCUT2D eigenvalue weighted by molar-refractivity contribution is 7.91. The molecule has 2 aromatic heterocycles. The molecule has 0 radical (unpaired) electrons. The van der Waals surface area contributed by atoms with Gasteiger partial charge in [-0.2, -0.15) is 18.2 Å². The summed E-state index contributed by atoms with van der Waals surface area (Å²) in [5.41, 5.74) is -2.94. The van der Waals surface area contributed by atoms with Crippen LogP contribution in [0, 0.1) is 17.6 Å². The lowest BCUT2D eigenvalue weighted by Crippen LogP contribution is -2.44. The maximum Gasteiger partial charge on any atom is 0.493 e. The zero-order valence-corrected chi connectivity index (χ0v) is 26.2. The minimum atomic E-state index is -5.69. The van der Waals surface area contributed by atoms with Crippen LogP contribution in [0.4, 0.5) is 38.0 Å². The number of pyridine rings is 1. The highest BCUT2D eigenvalue weighted by Gasteiger charge is 2.45. The Balaban J connectivity index is 1.41. The summed E-state index contributed by atoms with van der Waals surface area (Å²) in [6.07, 6.45) is -3.59. The molecule has 1 aliphatic carbocycles. The number of nitrogens with zero attached hydrogens (tertiary/aromatic N) is 4. The Morgan fingerprint density at radius 3 is 2.47 bits per heavy atom. The highest BCUT2D eigenvalue weighted by Crippen LogP contribution is 2.35. The number of carbonyl (C=O) groups excluding carboxylic acids is 1. The predicted octanol–water partition coefficient (Wildman–Crippen LogP) is 4.62. The Morgan fingerprint density at radius 2 is 1.80 bits per heavy atom. The van der Waals surface area contributed by atoms with E-state index in [1.807, 2.05) is 0 Å². The Kier molecular flexibility index (Phi) is 9.27. The van der Waals surface area contributed by atoms with E-state index >= 15 is 8.78 Å². The fourth-order valence-electron chi connectivity index (χ4n) is 5.45. The summed E-state index contributed by atoms with van der Waals surface area (Å²) in [7, 11) is -5.10. The first-order valence-electron chi connectivity index (χ1n) is 15.1. The molecule has 0 spiro atoms. The van der Waals surface area contributed by atoms with Gasteiger partial charge in [-0.25, -0.2) is 31.4 Å². The molecule has 49 heavy (non-hydrogen) atoms. The van der Waals surface area contributed by atoms with Gasteiger partial charge in [-0.1, -0.05) is 34.8 Å². The van der Waals surface area contributed by atoms with Gasteiger partial charge in [0.2, 0.25) is 5.95 Å². The van der Waals surface area contributed by atoms with E-state index in [-0.39, 0.29) is 59.6 Å². The lowest BCUT2D eigenvalue weighted by atomic mass is 10.0. The Bertz CT molecular complexity index is 2060. The van der Waals surface area contributed by atoms with Crippen molar-refractivity contribution < 1.29 is 44.4 Å². The number of rotatable bonds is 10. The fourth-order valence-corrected chi connectivity index (χ4v) is 6.80. The third kappa shape index (κ3) is 7.49. The average molecular weight is 711 g/mol. The number of aromatic nitrogens is 3. The maximum atomic E-state index is 15.9. The van der Waals surface area contributed by atoms with Crippen LogP contribution in [-0.2, 0) is 32.0 Å². The molecule has 3 heterocycles. The number of sulfonamides is 1. The SMILES string of the molecule is O=C(ON(c1ccc(-c2cc3cnc(N[C@@H]4CNC[C@@H](F)C4)nc3n(CC3CC3)c2=O)c(F)c1F)S(=O)(=O)Cc1ccccc1)C(F)(F)F. The number of fused-ring (bicyclic) bond motifs is 1. The summed E-state index contributed by atoms with van der Waals surface area (Å²) < 4.78 is 112. The number of carbonyl (C=O) groups is 1. The molecule has 1 aliphatic heterocycles. The van der Waals surface area contributed by atoms with E-state index in [0.717, 1.165) is 18.9 Å². The van der Waals surface area contributed by atoms with Crippen LogP contribution in [-0.4, -0.2) is 60.4 Å². The number of nitrogens with one attached hydrogen (secondary N) is 2. The van der Waals surface area contributed by atoms with E-state index in [9.17, 15) is 35.6 Å². The number of anilines is 2. The van der Waals surface area contributed by atoms with Gasteiger partial charge in [0.25, 0.3) is 15.6 Å². The smallest absolute Gasteiger partial charge is 0.350 e. The van der Waals surface area contributed by atoms with Crippen molar-refractivity contribution in [1.82, 2.24) is 19.9 Å². The number of piperidine rings is 1. The second-order valence-electron chi connectivity index (χ2n) is 11.8. The van der Waals surface area contributed by atoms with Crippen molar-refractivity contribution in [2.45, 2.75) is 49.9 Å². The minimum absolute atomic E-state index is 0.0445. The van der Waals surface area contributed by atoms with E-state index in [1.165, 1.54) is 47.2 Å². The first-order valence-corrected chi connectivity index (χ1v) is 16.7. The van der Waals surface area contributed by atoms with E-state index in [1.54, 1.807) is 0 Å². The quantitative estimate of drug-likeness (QED) is 0.179. The van der Waals surface area contributed by atoms with Crippen molar-refractivity contribution >= 4 is 38.7 Å². The molecule has 11 nitrogen and oxygen atoms in total. The zero-order chi connectivity index (χ0) is 35.1. The van der Waals surface area contributed by atoms with Crippen molar-refractivity contribution in [3.05, 3.63) is 82.3 Å². The highest BCUT2D eigenvalue weighted by atomic mass is 32.2. The largest absolute Gasteiger partial charge is 0.493 e. The first kappa shape index (κ1) is 34.2. The minimum Gasteiger partial charge on any atom is -0.350 e. The molecule has 0 amide bonds. The fraction of sp³-hybridized carbons (Fsp3) is 0.355. The van der Waals surface area contributed by atoms with Crippen molar-refractivity contribution in [2.75, 3.05) is 22.9 Å². The van der Waals surface area contributed by atoms with Gasteiger partial charge < -0.3 is 15.5 Å². The molecule has 6 rings (SSSR count). The zero-order valence-electron chi connectivity index (χ0n) is 25.4. The summed E-state index contributed by atoms with van der Waals surface area (Å²) in [5, 5.41) is 6.24. The van der Waals surface area contributed by atoms with Crippen molar-refractivity contribution in [3.8, 4) is 11.1 Å². The molecule has 1 saturated carbocycles. The van der Waals surface area contributed by atoms with E-state index in [4.69, 9.17) is 0 Å². The van der Waals surface area contributed by atoms with Crippen LogP contribution in [0.1, 0.15) is 24.8 Å². The summed E-state index contributed by atoms with van der Waals surface area (Å²) in [6, 6.07) is 9.29. The van der Waals surface area contributed by atoms with Crippen LogP contribution in [0.2, 0.25) is 0 Å². The molecule has 2 aliphatic rings. The number of halogens is 6. The van der Waals surface area contributed by atoms with Crippen LogP contribution < -0.4 is 20.7 Å². The van der Waals surface area contributed by atoms with Crippen LogP contribution in [0.15, 0.2) is 59.5 Å². The van der Waals surface area contributed by atoms with E-state index in [0.29, 0.717) is 12.6 Å². The Hall–Kier alpha value is -4.71. The van der Waals surface area contributed by atoms with Gasteiger partial charge >= 0.3 is 12.1 Å². The number of hydrogen-bond donors (Lipinski definition) is 2. The average Bonchev–Trinajstić information content (AvgIpc) is 3.87. The van der Waals surface area contributed by atoms with Crippen molar-refractivity contribution in [1.29, 1.82) is 0 Å². The Morgan fingerprint density at radius 1 is 1.06 bits per heavy atom. The summed E-state index contributed by atoms with van der Waals surface area (Å²) in [6.45, 7) is 0.855. The number of benzene rings is 2. The van der Waals surface area contributed by atoms with Gasteiger partial charge in [-0.05, 0) is 42.5 Å². The molecular weight excluding hydrogens is 682 g/mol. The van der Waals surface area contributed by atoms with Crippen LogP contribution in [0.5, 0.6) is 0 Å². The molecule has 1 saturated heterocycles. The third-order valence-electron chi connectivity index (χ3n) is 7.99. The molecule has 18 heteroatoms. The monoisotopic (exact) mass is 710 g/mol. The van der Waals surface area contributed by atoms with Crippen LogP contribution >= 0.6 is 0 Å². The molecule has 2 fully saturated rings. The topological polar surface area (TPSA) is 136 Å². The molecular formula is C31H28F6N6O5S. The first-order chi connectivity index (χ1) is 23.2. The lowest BCUT2D eigenvalue weighted by Gasteiger charge is -2.26. The molecule has 2 aromatic carbocycles. The van der Waals surface area contributed by atoms with Crippen LogP contribution in [0.3, 0.4) is 0 Å². The normalized spacial score (nSPS) is 18.3. The second-order valence-corrected chi connectivity index (χ2v) is 13.6. The third-order valence-corrected chi connectivity index (χ3v) is 9.46. The van der Waals surface area contributed by atoms with Gasteiger partial charge in [0.15, 0.2) is 11.6 Å². The van der Waals surface area contributed by atoms with Gasteiger partial charge in [-0.3, -0.25) is 9.36 Å². The van der Waals surface area contributed by atoms with E-state index in [2.05, 4.69) is 25.4 Å². The van der Waals surface area contributed by atoms with Crippen molar-refractivity contribution in [2.24, 2.45) is 5.92 Å². The van der Waals surface area contributed by atoms with Gasteiger partial charge in [0.05, 0.1) is 11.3 Å². The maximum absolute atomic E-state index is 15.9. The van der Waals surface area contributed by atoms with Gasteiger partial charge in [0.1, 0.15) is 17.5 Å². The predicted molar refractivity (Wildman–Crippen MR) is 165 cm³/mol. The van der Waals surface area contributed by atoms with Crippen molar-refractivity contribution in [3.63, 3.8) is 0 Å². The lowest BCUT2D eigenvalue weighted by molar-refractivity contribution is -0.199. The van der Waals surface area contributed by atoms with Crippen LogP contribution in [0.25, 0.3) is 22.2 Å². The molecule has 0 unspecified atom stereocenters. The second kappa shape index (κ2) is 13.3. The van der Waals surface area contributed by atoms with Gasteiger partial charge in [0, 0.05) is 49.2 Å². The molecule has 2 N–H and O–H groups in total. The standard InChI is InChI=1S/C31H28F6N6O5S/c32-20-11-21(14-38-13-20)40-30-39-12-19-10-23(28(44)42(27(19)41-30)15-17-6-7-17)22-8-9-24(26(34)25(22)33)43(48-29(45)31(35,36)37)49(46,47)16-18-4-2-1-3-5-18/h1-5,8-10,12,17,20-21,38H,6-7,11,13-16H2,(H,39,40,41)/t20-,21-/m0/s1. The summed E-state index contributed by atoms with van der Waals surface area (Å²) in [4.78, 5) is 38.4. The van der Waals surface area contributed by atoms with E-state index < -0.39 is 67.0 Å². The molecule has 2 atom stereocenters.